The molecule has 2 aromatic rings. The molecule has 1 aliphatic rings. The van der Waals surface area contributed by atoms with E-state index in [9.17, 15) is 0 Å². The molecule has 110 valence electrons. The zero-order valence-corrected chi connectivity index (χ0v) is 12.6. The number of nitriles is 2. The Bertz CT molecular complexity index is 776. The molecule has 0 spiro atoms. The number of hydrogen-bond donors (Lipinski definition) is 1. The predicted molar refractivity (Wildman–Crippen MR) is 85.6 cm³/mol. The minimum absolute atomic E-state index is 0.0402. The van der Waals surface area contributed by atoms with Gasteiger partial charge in [0, 0.05) is 25.0 Å². The summed E-state index contributed by atoms with van der Waals surface area (Å²) in [5.41, 5.74) is 1.81. The molecule has 0 amide bonds. The van der Waals surface area contributed by atoms with E-state index < -0.39 is 0 Å². The van der Waals surface area contributed by atoms with Crippen molar-refractivity contribution in [3.05, 3.63) is 30.0 Å². The Labute approximate surface area is 131 Å². The van der Waals surface area contributed by atoms with Crippen LogP contribution in [0.25, 0.3) is 10.2 Å². The monoisotopic (exact) mass is 311 g/mol. The molecule has 1 aromatic carbocycles. The van der Waals surface area contributed by atoms with Gasteiger partial charge < -0.3 is 15.0 Å². The van der Waals surface area contributed by atoms with Gasteiger partial charge in [0.15, 0.2) is 5.13 Å². The van der Waals surface area contributed by atoms with Gasteiger partial charge in [0.1, 0.15) is 17.7 Å². The predicted octanol–water partition coefficient (Wildman–Crippen LogP) is 2.48. The summed E-state index contributed by atoms with van der Waals surface area (Å²) < 4.78 is 6.42. The summed E-state index contributed by atoms with van der Waals surface area (Å²) in [5.74, 6) is 0. The van der Waals surface area contributed by atoms with Crippen LogP contribution in [0.5, 0.6) is 0 Å². The maximum Gasteiger partial charge on any atom is 0.186 e. The number of ether oxygens (including phenoxy) is 1. The van der Waals surface area contributed by atoms with Gasteiger partial charge in [0.25, 0.3) is 0 Å². The van der Waals surface area contributed by atoms with Crippen molar-refractivity contribution in [3.8, 4) is 12.1 Å². The lowest BCUT2D eigenvalue weighted by atomic mass is 10.3. The van der Waals surface area contributed by atoms with E-state index in [0.717, 1.165) is 47.3 Å². The summed E-state index contributed by atoms with van der Waals surface area (Å²) >= 11 is 1.63. The van der Waals surface area contributed by atoms with Crippen LogP contribution in [-0.4, -0.2) is 31.3 Å². The Balaban J connectivity index is 1.83. The Kier molecular flexibility index (Phi) is 4.19. The number of morpholine rings is 1. The van der Waals surface area contributed by atoms with Crippen molar-refractivity contribution >= 4 is 32.4 Å². The molecule has 0 aliphatic carbocycles. The molecule has 1 fully saturated rings. The SMILES string of the molecule is N#CC(C#N)=CNc1ccc2nc(N3CCOCC3)sc2c1. The number of aromatic nitrogens is 1. The van der Waals surface area contributed by atoms with Gasteiger partial charge in [-0.1, -0.05) is 11.3 Å². The third-order valence-electron chi connectivity index (χ3n) is 3.28. The van der Waals surface area contributed by atoms with Crippen LogP contribution >= 0.6 is 11.3 Å². The highest BCUT2D eigenvalue weighted by Gasteiger charge is 2.15. The quantitative estimate of drug-likeness (QED) is 0.877. The van der Waals surface area contributed by atoms with E-state index >= 15 is 0 Å². The standard InChI is InChI=1S/C15H13N5OS/c16-8-11(9-17)10-18-12-1-2-13-14(7-12)22-15(19-13)20-3-5-21-6-4-20/h1-2,7,10,18H,3-6H2. The topological polar surface area (TPSA) is 85.0 Å². The number of benzene rings is 1. The van der Waals surface area contributed by atoms with Crippen molar-refractivity contribution in [2.75, 3.05) is 36.5 Å². The van der Waals surface area contributed by atoms with Gasteiger partial charge >= 0.3 is 0 Å². The van der Waals surface area contributed by atoms with E-state index in [-0.39, 0.29) is 5.57 Å². The minimum atomic E-state index is 0.0402. The summed E-state index contributed by atoms with van der Waals surface area (Å²) in [6, 6.07) is 9.42. The van der Waals surface area contributed by atoms with Crippen molar-refractivity contribution in [1.82, 2.24) is 4.98 Å². The van der Waals surface area contributed by atoms with Gasteiger partial charge in [-0.3, -0.25) is 0 Å². The van der Waals surface area contributed by atoms with Gasteiger partial charge in [-0.25, -0.2) is 4.98 Å². The molecule has 1 N–H and O–H groups in total. The third kappa shape index (κ3) is 3.01. The Hall–Kier alpha value is -2.61. The maximum atomic E-state index is 8.72. The Morgan fingerprint density at radius 2 is 2.09 bits per heavy atom. The molecule has 0 saturated carbocycles. The number of allylic oxidation sites excluding steroid dienone is 1. The van der Waals surface area contributed by atoms with Gasteiger partial charge in [0.05, 0.1) is 23.4 Å². The van der Waals surface area contributed by atoms with Gasteiger partial charge in [-0.15, -0.1) is 0 Å². The van der Waals surface area contributed by atoms with Gasteiger partial charge in [-0.2, -0.15) is 10.5 Å². The Morgan fingerprint density at radius 1 is 1.32 bits per heavy atom. The lowest BCUT2D eigenvalue weighted by Gasteiger charge is -2.25. The first-order valence-electron chi connectivity index (χ1n) is 6.80. The van der Waals surface area contributed by atoms with Crippen LogP contribution in [-0.2, 0) is 4.74 Å². The molecule has 7 heteroatoms. The van der Waals surface area contributed by atoms with Crippen LogP contribution < -0.4 is 10.2 Å². The first kappa shape index (κ1) is 14.3. The highest BCUT2D eigenvalue weighted by Crippen LogP contribution is 2.31. The van der Waals surface area contributed by atoms with E-state index in [2.05, 4.69) is 15.2 Å². The normalized spacial score (nSPS) is 14.2. The smallest absolute Gasteiger partial charge is 0.186 e. The molecular weight excluding hydrogens is 298 g/mol. The number of hydrogen-bond acceptors (Lipinski definition) is 7. The molecule has 0 atom stereocenters. The highest BCUT2D eigenvalue weighted by molar-refractivity contribution is 7.22. The molecule has 6 nitrogen and oxygen atoms in total. The summed E-state index contributed by atoms with van der Waals surface area (Å²) in [4.78, 5) is 6.87. The van der Waals surface area contributed by atoms with E-state index in [4.69, 9.17) is 15.3 Å². The molecule has 2 heterocycles. The van der Waals surface area contributed by atoms with Crippen molar-refractivity contribution in [3.63, 3.8) is 0 Å². The minimum Gasteiger partial charge on any atom is -0.378 e. The fourth-order valence-corrected chi connectivity index (χ4v) is 3.19. The van der Waals surface area contributed by atoms with Crippen LogP contribution in [0, 0.1) is 22.7 Å². The number of fused-ring (bicyclic) bond motifs is 1. The molecule has 1 saturated heterocycles. The zero-order valence-electron chi connectivity index (χ0n) is 11.7. The Morgan fingerprint density at radius 3 is 2.82 bits per heavy atom. The van der Waals surface area contributed by atoms with E-state index in [1.54, 1.807) is 11.3 Å². The molecule has 22 heavy (non-hydrogen) atoms. The summed E-state index contributed by atoms with van der Waals surface area (Å²) in [7, 11) is 0. The second-order valence-electron chi connectivity index (χ2n) is 4.70. The zero-order chi connectivity index (χ0) is 15.4. The molecule has 0 unspecified atom stereocenters. The van der Waals surface area contributed by atoms with Crippen molar-refractivity contribution < 1.29 is 4.74 Å². The average Bonchev–Trinajstić information content (AvgIpc) is 3.00. The summed E-state index contributed by atoms with van der Waals surface area (Å²) in [6.45, 7) is 3.19. The lowest BCUT2D eigenvalue weighted by Crippen LogP contribution is -2.36. The lowest BCUT2D eigenvalue weighted by molar-refractivity contribution is 0.122. The van der Waals surface area contributed by atoms with Gasteiger partial charge in [-0.05, 0) is 18.2 Å². The summed E-state index contributed by atoms with van der Waals surface area (Å²) in [6.07, 6.45) is 1.41. The van der Waals surface area contributed by atoms with E-state index in [0.29, 0.717) is 0 Å². The average molecular weight is 311 g/mol. The fourth-order valence-electron chi connectivity index (χ4n) is 2.14. The number of nitrogens with zero attached hydrogens (tertiary/aromatic N) is 4. The molecule has 3 rings (SSSR count). The second kappa shape index (κ2) is 6.44. The first-order valence-corrected chi connectivity index (χ1v) is 7.62. The van der Waals surface area contributed by atoms with Crippen LogP contribution in [0.15, 0.2) is 30.0 Å². The molecule has 1 aliphatic heterocycles. The van der Waals surface area contributed by atoms with Crippen LogP contribution in [0.2, 0.25) is 0 Å². The van der Waals surface area contributed by atoms with Crippen LogP contribution in [0.1, 0.15) is 0 Å². The largest absolute Gasteiger partial charge is 0.378 e. The number of thiazole rings is 1. The highest BCUT2D eigenvalue weighted by atomic mass is 32.1. The number of rotatable bonds is 3. The molecule has 0 radical (unpaired) electrons. The molecule has 1 aromatic heterocycles. The second-order valence-corrected chi connectivity index (χ2v) is 5.71. The van der Waals surface area contributed by atoms with Gasteiger partial charge in [0.2, 0.25) is 0 Å². The van der Waals surface area contributed by atoms with Crippen molar-refractivity contribution in [1.29, 1.82) is 10.5 Å². The third-order valence-corrected chi connectivity index (χ3v) is 4.36. The van der Waals surface area contributed by atoms with E-state index in [1.165, 1.54) is 6.20 Å². The van der Waals surface area contributed by atoms with Crippen LogP contribution in [0.3, 0.4) is 0 Å². The maximum absolute atomic E-state index is 8.72. The van der Waals surface area contributed by atoms with Crippen molar-refractivity contribution in [2.24, 2.45) is 0 Å². The fraction of sp³-hybridized carbons (Fsp3) is 0.267. The summed E-state index contributed by atoms with van der Waals surface area (Å²) in [5, 5.41) is 21.4. The molecular formula is C15H13N5OS. The number of nitrogens with one attached hydrogen (secondary N) is 1. The van der Waals surface area contributed by atoms with E-state index in [1.807, 2.05) is 30.3 Å². The first-order chi connectivity index (χ1) is 10.8. The number of anilines is 2. The van der Waals surface area contributed by atoms with Crippen molar-refractivity contribution in [2.45, 2.75) is 0 Å². The van der Waals surface area contributed by atoms with Crippen LogP contribution in [0.4, 0.5) is 10.8 Å². The molecule has 0 bridgehead atoms.